The summed E-state index contributed by atoms with van der Waals surface area (Å²) in [6.45, 7) is 1.99. The molecule has 27 heavy (non-hydrogen) atoms. The smallest absolute Gasteiger partial charge is 0.126 e. The maximum absolute atomic E-state index is 6.39. The molecule has 0 saturated heterocycles. The van der Waals surface area contributed by atoms with Crippen molar-refractivity contribution in [3.63, 3.8) is 0 Å². The van der Waals surface area contributed by atoms with Gasteiger partial charge in [-0.05, 0) is 36.8 Å². The number of aromatic nitrogens is 5. The van der Waals surface area contributed by atoms with Crippen LogP contribution in [0.1, 0.15) is 23.4 Å². The largest absolute Gasteiger partial charge is 0.330 e. The van der Waals surface area contributed by atoms with Gasteiger partial charge in [0.05, 0.1) is 17.9 Å². The van der Waals surface area contributed by atoms with E-state index in [0.29, 0.717) is 6.42 Å². The third-order valence-corrected chi connectivity index (χ3v) is 4.78. The molecular weight excluding hydrogens is 336 g/mol. The monoisotopic (exact) mass is 358 g/mol. The second kappa shape index (κ2) is 7.17. The van der Waals surface area contributed by atoms with Gasteiger partial charge in [-0.25, -0.2) is 9.97 Å². The summed E-state index contributed by atoms with van der Waals surface area (Å²) in [7, 11) is 2.00. The molecule has 0 amide bonds. The van der Waals surface area contributed by atoms with Crippen molar-refractivity contribution in [2.24, 2.45) is 12.8 Å². The number of pyridine rings is 1. The Bertz CT molecular complexity index is 1030. The number of hydrogen-bond acceptors (Lipinski definition) is 4. The molecule has 0 aliphatic rings. The number of benzene rings is 1. The zero-order valence-corrected chi connectivity index (χ0v) is 15.4. The molecule has 0 fully saturated rings. The van der Waals surface area contributed by atoms with E-state index in [-0.39, 0.29) is 6.04 Å². The van der Waals surface area contributed by atoms with Crippen LogP contribution in [0, 0.1) is 6.92 Å². The molecule has 3 heterocycles. The molecule has 0 aliphatic heterocycles. The molecule has 1 atom stereocenters. The van der Waals surface area contributed by atoms with E-state index in [0.717, 1.165) is 34.3 Å². The highest BCUT2D eigenvalue weighted by Gasteiger charge is 2.16. The van der Waals surface area contributed by atoms with Gasteiger partial charge in [-0.15, -0.1) is 0 Å². The maximum Gasteiger partial charge on any atom is 0.126 e. The van der Waals surface area contributed by atoms with Gasteiger partial charge in [0.2, 0.25) is 0 Å². The second-order valence-electron chi connectivity index (χ2n) is 6.58. The average molecular weight is 358 g/mol. The quantitative estimate of drug-likeness (QED) is 0.594. The summed E-state index contributed by atoms with van der Waals surface area (Å²) in [5.41, 5.74) is 10.6. The van der Waals surface area contributed by atoms with Gasteiger partial charge in [-0.2, -0.15) is 0 Å². The minimum atomic E-state index is -0.202. The maximum atomic E-state index is 6.39. The van der Waals surface area contributed by atoms with Crippen molar-refractivity contribution in [1.82, 2.24) is 24.1 Å². The highest BCUT2D eigenvalue weighted by molar-refractivity contribution is 5.61. The normalized spacial score (nSPS) is 12.3. The summed E-state index contributed by atoms with van der Waals surface area (Å²) < 4.78 is 4.12. The van der Waals surface area contributed by atoms with Crippen LogP contribution in [0.5, 0.6) is 0 Å². The van der Waals surface area contributed by atoms with Crippen LogP contribution in [0.3, 0.4) is 0 Å². The van der Waals surface area contributed by atoms with Crippen molar-refractivity contribution in [2.75, 3.05) is 0 Å². The van der Waals surface area contributed by atoms with Gasteiger partial charge in [0.25, 0.3) is 0 Å². The van der Waals surface area contributed by atoms with Gasteiger partial charge in [-0.3, -0.25) is 4.98 Å². The van der Waals surface area contributed by atoms with Crippen LogP contribution in [-0.2, 0) is 13.5 Å². The molecule has 0 saturated carbocycles. The summed E-state index contributed by atoms with van der Waals surface area (Å²) in [6.07, 6.45) is 8.09. The Morgan fingerprint density at radius 1 is 1.00 bits per heavy atom. The SMILES string of the molecule is Cc1nccn1-c1ccc(-c2cnc([C@@H](N)Cc3ccccn3)n2C)cc1. The van der Waals surface area contributed by atoms with Crippen molar-refractivity contribution < 1.29 is 0 Å². The zero-order chi connectivity index (χ0) is 18.8. The fraction of sp³-hybridized carbons (Fsp3) is 0.190. The number of rotatable bonds is 5. The van der Waals surface area contributed by atoms with Crippen molar-refractivity contribution >= 4 is 0 Å². The van der Waals surface area contributed by atoms with Crippen molar-refractivity contribution in [3.8, 4) is 16.9 Å². The number of hydrogen-bond donors (Lipinski definition) is 1. The van der Waals surface area contributed by atoms with Crippen LogP contribution in [0.15, 0.2) is 67.3 Å². The molecule has 6 nitrogen and oxygen atoms in total. The van der Waals surface area contributed by atoms with E-state index in [1.54, 1.807) is 12.4 Å². The van der Waals surface area contributed by atoms with E-state index < -0.39 is 0 Å². The Labute approximate surface area is 158 Å². The van der Waals surface area contributed by atoms with Crippen LogP contribution in [0.4, 0.5) is 0 Å². The molecule has 0 unspecified atom stereocenters. The van der Waals surface area contributed by atoms with Gasteiger partial charge in [0, 0.05) is 43.4 Å². The molecule has 2 N–H and O–H groups in total. The second-order valence-corrected chi connectivity index (χ2v) is 6.58. The van der Waals surface area contributed by atoms with E-state index >= 15 is 0 Å². The van der Waals surface area contributed by atoms with E-state index in [9.17, 15) is 0 Å². The summed E-state index contributed by atoms with van der Waals surface area (Å²) in [5.74, 6) is 1.82. The molecule has 6 heteroatoms. The molecule has 4 rings (SSSR count). The predicted octanol–water partition coefficient (Wildman–Crippen LogP) is 3.22. The molecule has 0 bridgehead atoms. The van der Waals surface area contributed by atoms with Crippen LogP contribution in [-0.4, -0.2) is 24.1 Å². The van der Waals surface area contributed by atoms with Gasteiger partial charge in [0.1, 0.15) is 11.6 Å². The number of nitrogens with zero attached hydrogens (tertiary/aromatic N) is 5. The van der Waals surface area contributed by atoms with Gasteiger partial charge in [-0.1, -0.05) is 18.2 Å². The summed E-state index contributed by atoms with van der Waals surface area (Å²) in [6, 6.07) is 14.0. The third kappa shape index (κ3) is 3.39. The van der Waals surface area contributed by atoms with Crippen molar-refractivity contribution in [2.45, 2.75) is 19.4 Å². The van der Waals surface area contributed by atoms with Crippen molar-refractivity contribution in [3.05, 3.63) is 84.6 Å². The predicted molar refractivity (Wildman–Crippen MR) is 105 cm³/mol. The van der Waals surface area contributed by atoms with Crippen molar-refractivity contribution in [1.29, 1.82) is 0 Å². The molecule has 0 radical (unpaired) electrons. The molecule has 0 aliphatic carbocycles. The fourth-order valence-corrected chi connectivity index (χ4v) is 3.32. The van der Waals surface area contributed by atoms with Crippen LogP contribution in [0.2, 0.25) is 0 Å². The van der Waals surface area contributed by atoms with E-state index in [1.165, 1.54) is 0 Å². The topological polar surface area (TPSA) is 74.6 Å². The molecule has 1 aromatic carbocycles. The lowest BCUT2D eigenvalue weighted by Gasteiger charge is -2.13. The lowest BCUT2D eigenvalue weighted by atomic mass is 10.1. The highest BCUT2D eigenvalue weighted by atomic mass is 15.1. The summed E-state index contributed by atoms with van der Waals surface area (Å²) in [4.78, 5) is 13.2. The van der Waals surface area contributed by atoms with Gasteiger partial charge < -0.3 is 14.9 Å². The van der Waals surface area contributed by atoms with E-state index in [2.05, 4.69) is 48.4 Å². The van der Waals surface area contributed by atoms with Gasteiger partial charge >= 0.3 is 0 Å². The first-order valence-electron chi connectivity index (χ1n) is 8.91. The van der Waals surface area contributed by atoms with E-state index in [4.69, 9.17) is 5.73 Å². The Hall–Kier alpha value is -3.25. The minimum absolute atomic E-state index is 0.202. The van der Waals surface area contributed by atoms with Gasteiger partial charge in [0.15, 0.2) is 0 Å². The Balaban J connectivity index is 1.57. The molecule has 4 aromatic rings. The molecule has 0 spiro atoms. The standard InChI is InChI=1S/C21H22N6/c1-15-23-11-12-27(15)18-8-6-16(7-9-18)20-14-25-21(26(20)2)19(22)13-17-5-3-4-10-24-17/h3-12,14,19H,13,22H2,1-2H3/t19-/m0/s1. The highest BCUT2D eigenvalue weighted by Crippen LogP contribution is 2.24. The Morgan fingerprint density at radius 2 is 1.81 bits per heavy atom. The average Bonchev–Trinajstić information content (AvgIpc) is 3.28. The van der Waals surface area contributed by atoms with E-state index in [1.807, 2.05) is 44.6 Å². The number of imidazole rings is 2. The van der Waals surface area contributed by atoms with Crippen LogP contribution < -0.4 is 5.73 Å². The Kier molecular flexibility index (Phi) is 4.56. The first-order chi connectivity index (χ1) is 13.1. The third-order valence-electron chi connectivity index (χ3n) is 4.78. The molecular formula is C21H22N6. The minimum Gasteiger partial charge on any atom is -0.330 e. The number of nitrogens with two attached hydrogens (primary N) is 1. The zero-order valence-electron chi connectivity index (χ0n) is 15.4. The van der Waals surface area contributed by atoms with Crippen LogP contribution >= 0.6 is 0 Å². The summed E-state index contributed by atoms with van der Waals surface area (Å²) >= 11 is 0. The lowest BCUT2D eigenvalue weighted by molar-refractivity contribution is 0.626. The molecule has 136 valence electrons. The summed E-state index contributed by atoms with van der Waals surface area (Å²) in [5, 5.41) is 0. The lowest BCUT2D eigenvalue weighted by Crippen LogP contribution is -2.18. The molecule has 3 aromatic heterocycles. The van der Waals surface area contributed by atoms with Crippen LogP contribution in [0.25, 0.3) is 16.9 Å². The fourth-order valence-electron chi connectivity index (χ4n) is 3.32. The number of aryl methyl sites for hydroxylation is 1. The first-order valence-corrected chi connectivity index (χ1v) is 8.91. The Morgan fingerprint density at radius 3 is 2.48 bits per heavy atom. The first kappa shape index (κ1) is 17.2.